The molecule has 194 valence electrons. The van der Waals surface area contributed by atoms with E-state index in [1.54, 1.807) is 5.56 Å². The summed E-state index contributed by atoms with van der Waals surface area (Å²) < 4.78 is 6.34. The van der Waals surface area contributed by atoms with Crippen LogP contribution < -0.4 is 0 Å². The van der Waals surface area contributed by atoms with Crippen LogP contribution in [0.2, 0.25) is 0 Å². The van der Waals surface area contributed by atoms with Gasteiger partial charge in [0, 0.05) is 6.61 Å². The molecule has 0 heterocycles. The fourth-order valence-electron chi connectivity index (χ4n) is 6.57. The van der Waals surface area contributed by atoms with E-state index in [1.165, 1.54) is 134 Å². The summed E-state index contributed by atoms with van der Waals surface area (Å²) in [6.45, 7) is 5.61. The number of unbranched alkanes of at least 4 members (excludes halogenated alkanes) is 6. The quantitative estimate of drug-likeness (QED) is 0.219. The van der Waals surface area contributed by atoms with E-state index in [-0.39, 0.29) is 0 Å². The number of hydrogen-bond donors (Lipinski definition) is 0. The molecule has 1 aromatic rings. The van der Waals surface area contributed by atoms with Crippen LogP contribution in [0.3, 0.4) is 0 Å². The Bertz CT molecular complexity index is 604. The van der Waals surface area contributed by atoms with Gasteiger partial charge in [-0.1, -0.05) is 115 Å². The first-order valence-electron chi connectivity index (χ1n) is 15.5. The molecule has 1 nitrogen and oxygen atoms in total. The van der Waals surface area contributed by atoms with E-state index in [2.05, 4.69) is 38.1 Å². The topological polar surface area (TPSA) is 9.23 Å². The van der Waals surface area contributed by atoms with Crippen LogP contribution >= 0.6 is 0 Å². The largest absolute Gasteiger partial charge is 0.378 e. The Balaban J connectivity index is 1.22. The van der Waals surface area contributed by atoms with Gasteiger partial charge in [-0.05, 0) is 80.2 Å². The predicted molar refractivity (Wildman–Crippen MR) is 149 cm³/mol. The maximum Gasteiger partial charge on any atom is 0.0575 e. The molecule has 0 aliphatic heterocycles. The molecule has 1 heteroatoms. The second-order valence-corrected chi connectivity index (χ2v) is 11.8. The van der Waals surface area contributed by atoms with E-state index in [0.29, 0.717) is 6.10 Å². The normalized spacial score (nSPS) is 25.5. The van der Waals surface area contributed by atoms with Crippen molar-refractivity contribution in [2.45, 2.75) is 154 Å². The highest BCUT2D eigenvalue weighted by atomic mass is 16.5. The van der Waals surface area contributed by atoms with Crippen molar-refractivity contribution in [3.05, 3.63) is 35.4 Å². The summed E-state index contributed by atoms with van der Waals surface area (Å²) in [6.07, 6.45) is 28.2. The summed E-state index contributed by atoms with van der Waals surface area (Å²) in [6, 6.07) is 9.64. The minimum absolute atomic E-state index is 0.521. The van der Waals surface area contributed by atoms with Crippen molar-refractivity contribution in [2.24, 2.45) is 11.8 Å². The van der Waals surface area contributed by atoms with Crippen LogP contribution in [-0.2, 0) is 11.2 Å². The van der Waals surface area contributed by atoms with E-state index < -0.39 is 0 Å². The first-order chi connectivity index (χ1) is 16.8. The Hall–Kier alpha value is -0.820. The average molecular weight is 469 g/mol. The highest BCUT2D eigenvalue weighted by molar-refractivity contribution is 5.26. The zero-order valence-corrected chi connectivity index (χ0v) is 22.9. The smallest absolute Gasteiger partial charge is 0.0575 e. The van der Waals surface area contributed by atoms with Crippen LogP contribution in [-0.4, -0.2) is 12.7 Å². The highest BCUT2D eigenvalue weighted by Crippen LogP contribution is 2.36. The third kappa shape index (κ3) is 10.4. The van der Waals surface area contributed by atoms with Crippen LogP contribution in [0, 0.1) is 11.8 Å². The molecule has 2 aliphatic carbocycles. The van der Waals surface area contributed by atoms with Gasteiger partial charge in [0.25, 0.3) is 0 Å². The Kier molecular flexibility index (Phi) is 13.7. The van der Waals surface area contributed by atoms with E-state index in [1.807, 2.05) is 0 Å². The zero-order chi connectivity index (χ0) is 23.8. The van der Waals surface area contributed by atoms with E-state index >= 15 is 0 Å². The molecule has 0 amide bonds. The summed E-state index contributed by atoms with van der Waals surface area (Å²) >= 11 is 0. The van der Waals surface area contributed by atoms with Crippen LogP contribution in [0.1, 0.15) is 153 Å². The third-order valence-electron chi connectivity index (χ3n) is 8.99. The average Bonchev–Trinajstić information content (AvgIpc) is 2.88. The molecular formula is C33H56O. The van der Waals surface area contributed by atoms with Gasteiger partial charge in [-0.3, -0.25) is 0 Å². The molecule has 2 fully saturated rings. The summed E-state index contributed by atoms with van der Waals surface area (Å²) in [4.78, 5) is 0. The first-order valence-corrected chi connectivity index (χ1v) is 15.5. The van der Waals surface area contributed by atoms with Gasteiger partial charge >= 0.3 is 0 Å². The van der Waals surface area contributed by atoms with Gasteiger partial charge in [0.1, 0.15) is 0 Å². The lowest BCUT2D eigenvalue weighted by molar-refractivity contribution is 0.0204. The van der Waals surface area contributed by atoms with Crippen LogP contribution in [0.5, 0.6) is 0 Å². The Morgan fingerprint density at radius 1 is 0.618 bits per heavy atom. The van der Waals surface area contributed by atoms with Crippen molar-refractivity contribution in [1.82, 2.24) is 0 Å². The number of aryl methyl sites for hydroxylation is 1. The third-order valence-corrected chi connectivity index (χ3v) is 8.99. The van der Waals surface area contributed by atoms with Crippen LogP contribution in [0.15, 0.2) is 24.3 Å². The van der Waals surface area contributed by atoms with Gasteiger partial charge < -0.3 is 4.74 Å². The molecule has 1 aromatic carbocycles. The molecule has 0 radical (unpaired) electrons. The monoisotopic (exact) mass is 468 g/mol. The second kappa shape index (κ2) is 16.8. The molecule has 0 atom stereocenters. The molecule has 0 spiro atoms. The molecule has 2 saturated carbocycles. The summed E-state index contributed by atoms with van der Waals surface area (Å²) in [5.41, 5.74) is 3.10. The van der Waals surface area contributed by atoms with Crippen molar-refractivity contribution >= 4 is 0 Å². The maximum atomic E-state index is 6.34. The first kappa shape index (κ1) is 27.8. The van der Waals surface area contributed by atoms with E-state index in [0.717, 1.165) is 24.4 Å². The highest BCUT2D eigenvalue weighted by Gasteiger charge is 2.23. The molecule has 3 rings (SSSR count). The molecule has 0 bridgehead atoms. The van der Waals surface area contributed by atoms with Crippen molar-refractivity contribution in [3.8, 4) is 0 Å². The van der Waals surface area contributed by atoms with Gasteiger partial charge in [0.15, 0.2) is 0 Å². The lowest BCUT2D eigenvalue weighted by Gasteiger charge is -2.30. The molecule has 34 heavy (non-hydrogen) atoms. The molecular weight excluding hydrogens is 412 g/mol. The van der Waals surface area contributed by atoms with E-state index in [4.69, 9.17) is 4.74 Å². The van der Waals surface area contributed by atoms with Gasteiger partial charge in [0.2, 0.25) is 0 Å². The van der Waals surface area contributed by atoms with Gasteiger partial charge in [-0.2, -0.15) is 0 Å². The van der Waals surface area contributed by atoms with Crippen molar-refractivity contribution in [1.29, 1.82) is 0 Å². The van der Waals surface area contributed by atoms with Gasteiger partial charge in [-0.15, -0.1) is 0 Å². The fourth-order valence-corrected chi connectivity index (χ4v) is 6.57. The summed E-state index contributed by atoms with van der Waals surface area (Å²) in [5, 5.41) is 0. The molecule has 0 unspecified atom stereocenters. The lowest BCUT2D eigenvalue weighted by atomic mass is 9.78. The molecule has 0 aromatic heterocycles. The van der Waals surface area contributed by atoms with Crippen LogP contribution in [0.4, 0.5) is 0 Å². The fraction of sp³-hybridized carbons (Fsp3) is 0.818. The van der Waals surface area contributed by atoms with Crippen molar-refractivity contribution in [2.75, 3.05) is 6.61 Å². The molecule has 2 aliphatic rings. The SMILES string of the molecule is CCCCCCCc1ccc(C2CCC(OCCCC3CCC(CCCCC)CC3)CC2)cc1. The predicted octanol–water partition coefficient (Wildman–Crippen LogP) is 10.4. The maximum absolute atomic E-state index is 6.34. The van der Waals surface area contributed by atoms with E-state index in [9.17, 15) is 0 Å². The summed E-state index contributed by atoms with van der Waals surface area (Å²) in [5.74, 6) is 2.79. The molecule has 0 saturated heterocycles. The second-order valence-electron chi connectivity index (χ2n) is 11.8. The number of benzene rings is 1. The number of rotatable bonds is 16. The van der Waals surface area contributed by atoms with Gasteiger partial charge in [0.05, 0.1) is 6.10 Å². The number of ether oxygens (including phenoxy) is 1. The Morgan fingerprint density at radius 2 is 1.21 bits per heavy atom. The van der Waals surface area contributed by atoms with Crippen LogP contribution in [0.25, 0.3) is 0 Å². The minimum atomic E-state index is 0.521. The lowest BCUT2D eigenvalue weighted by Crippen LogP contribution is -2.21. The Labute approximate surface area is 212 Å². The summed E-state index contributed by atoms with van der Waals surface area (Å²) in [7, 11) is 0. The molecule has 0 N–H and O–H groups in total. The van der Waals surface area contributed by atoms with Crippen molar-refractivity contribution in [3.63, 3.8) is 0 Å². The minimum Gasteiger partial charge on any atom is -0.378 e. The van der Waals surface area contributed by atoms with Crippen molar-refractivity contribution < 1.29 is 4.74 Å². The van der Waals surface area contributed by atoms with Gasteiger partial charge in [-0.25, -0.2) is 0 Å². The number of hydrogen-bond acceptors (Lipinski definition) is 1. The Morgan fingerprint density at radius 3 is 1.85 bits per heavy atom. The standard InChI is InChI=1S/C33H56O/c1-3-5-7-8-10-13-29-19-21-31(22-20-29)32-23-25-33(26-24-32)34-27-11-14-30-17-15-28(16-18-30)12-9-6-4-2/h19-22,28,30,32-33H,3-18,23-27H2,1-2H3. The zero-order valence-electron chi connectivity index (χ0n) is 22.9.